The Kier molecular flexibility index (Phi) is 6.39. The van der Waals surface area contributed by atoms with Crippen LogP contribution in [0.5, 0.6) is 0 Å². The summed E-state index contributed by atoms with van der Waals surface area (Å²) in [6.07, 6.45) is 2.64. The van der Waals surface area contributed by atoms with E-state index in [1.54, 1.807) is 0 Å². The van der Waals surface area contributed by atoms with Crippen LogP contribution in [0.1, 0.15) is 19.8 Å². The van der Waals surface area contributed by atoms with Crippen molar-refractivity contribution in [3.63, 3.8) is 0 Å². The molecule has 0 aliphatic rings. The van der Waals surface area contributed by atoms with E-state index in [1.807, 2.05) is 0 Å². The van der Waals surface area contributed by atoms with Crippen molar-refractivity contribution in [2.24, 2.45) is 5.92 Å². The molecule has 0 amide bonds. The van der Waals surface area contributed by atoms with Crippen molar-refractivity contribution >= 4 is 0 Å². The molecule has 0 saturated heterocycles. The van der Waals surface area contributed by atoms with Gasteiger partial charge in [-0.25, -0.2) is 0 Å². The highest BCUT2D eigenvalue weighted by Crippen LogP contribution is 2.07. The highest BCUT2D eigenvalue weighted by molar-refractivity contribution is 4.57. The molecule has 0 aromatic carbocycles. The Morgan fingerprint density at radius 1 is 0.833 bits per heavy atom. The van der Waals surface area contributed by atoms with E-state index in [2.05, 4.69) is 44.9 Å². The fraction of sp³-hybridized carbons (Fsp3) is 1.00. The quantitative estimate of drug-likeness (QED) is 0.599. The molecule has 0 aromatic rings. The van der Waals surface area contributed by atoms with E-state index in [9.17, 15) is 0 Å². The van der Waals surface area contributed by atoms with Crippen LogP contribution >= 0.6 is 0 Å². The fourth-order valence-electron chi connectivity index (χ4n) is 1.10. The summed E-state index contributed by atoms with van der Waals surface area (Å²) in [7, 11) is 8.55. The van der Waals surface area contributed by atoms with Gasteiger partial charge >= 0.3 is 0 Å². The summed E-state index contributed by atoms with van der Waals surface area (Å²) in [5.74, 6) is 0.856. The fourth-order valence-corrected chi connectivity index (χ4v) is 1.10. The van der Waals surface area contributed by atoms with E-state index in [1.165, 1.54) is 25.9 Å². The van der Waals surface area contributed by atoms with E-state index < -0.39 is 0 Å². The monoisotopic (exact) mass is 172 g/mol. The van der Waals surface area contributed by atoms with Gasteiger partial charge in [0.25, 0.3) is 0 Å². The Bertz CT molecular complexity index is 88.0. The smallest absolute Gasteiger partial charge is 0.00223 e. The molecule has 74 valence electrons. The van der Waals surface area contributed by atoms with Gasteiger partial charge in [0.2, 0.25) is 0 Å². The van der Waals surface area contributed by atoms with Crippen molar-refractivity contribution in [1.82, 2.24) is 9.80 Å². The molecule has 0 heterocycles. The average molecular weight is 172 g/mol. The average Bonchev–Trinajstić information content (AvgIpc) is 1.96. The topological polar surface area (TPSA) is 6.48 Å². The molecule has 0 N–H and O–H groups in total. The van der Waals surface area contributed by atoms with Gasteiger partial charge in [-0.05, 0) is 60.0 Å². The maximum Gasteiger partial charge on any atom is -0.00223 e. The Morgan fingerprint density at radius 2 is 1.17 bits per heavy atom. The summed E-state index contributed by atoms with van der Waals surface area (Å²) in [5.41, 5.74) is 0. The molecular formula is C10H24N2. The third-order valence-electron chi connectivity index (χ3n) is 2.14. The molecule has 0 aliphatic carbocycles. The third kappa shape index (κ3) is 8.02. The SMILES string of the molecule is CC(CCN(C)C)CCN(C)C. The van der Waals surface area contributed by atoms with Gasteiger partial charge in [0.1, 0.15) is 0 Å². The van der Waals surface area contributed by atoms with Crippen LogP contribution in [0, 0.1) is 5.92 Å². The molecule has 0 fully saturated rings. The highest BCUT2D eigenvalue weighted by atomic mass is 15.1. The molecule has 0 bridgehead atoms. The minimum absolute atomic E-state index is 0.856. The van der Waals surface area contributed by atoms with Gasteiger partial charge in [0, 0.05) is 0 Å². The predicted molar refractivity (Wildman–Crippen MR) is 55.5 cm³/mol. The van der Waals surface area contributed by atoms with Gasteiger partial charge in [-0.3, -0.25) is 0 Å². The van der Waals surface area contributed by atoms with Gasteiger partial charge in [0.05, 0.1) is 0 Å². The summed E-state index contributed by atoms with van der Waals surface area (Å²) in [4.78, 5) is 4.51. The summed E-state index contributed by atoms with van der Waals surface area (Å²) >= 11 is 0. The molecule has 12 heavy (non-hydrogen) atoms. The van der Waals surface area contributed by atoms with Gasteiger partial charge in [-0.15, -0.1) is 0 Å². The highest BCUT2D eigenvalue weighted by Gasteiger charge is 2.02. The lowest BCUT2D eigenvalue weighted by molar-refractivity contribution is 0.316. The van der Waals surface area contributed by atoms with Crippen LogP contribution in [0.2, 0.25) is 0 Å². The molecule has 2 heteroatoms. The molecule has 2 nitrogen and oxygen atoms in total. The predicted octanol–water partition coefficient (Wildman–Crippen LogP) is 1.53. The Labute approximate surface area is 77.5 Å². The summed E-state index contributed by atoms with van der Waals surface area (Å²) < 4.78 is 0. The number of rotatable bonds is 6. The van der Waals surface area contributed by atoms with Crippen LogP contribution in [-0.4, -0.2) is 51.1 Å². The molecule has 0 atom stereocenters. The second kappa shape index (κ2) is 6.44. The maximum atomic E-state index is 2.34. The zero-order valence-corrected chi connectivity index (χ0v) is 9.30. The lowest BCUT2D eigenvalue weighted by atomic mass is 10.0. The van der Waals surface area contributed by atoms with E-state index in [-0.39, 0.29) is 0 Å². The molecular weight excluding hydrogens is 148 g/mol. The van der Waals surface area contributed by atoms with E-state index in [0.29, 0.717) is 0 Å². The Hall–Kier alpha value is -0.0800. The van der Waals surface area contributed by atoms with E-state index >= 15 is 0 Å². The summed E-state index contributed by atoms with van der Waals surface area (Å²) in [6.45, 7) is 4.77. The van der Waals surface area contributed by atoms with Crippen LogP contribution in [0.4, 0.5) is 0 Å². The Morgan fingerprint density at radius 3 is 1.42 bits per heavy atom. The maximum absolute atomic E-state index is 2.34. The molecule has 0 radical (unpaired) electrons. The summed E-state index contributed by atoms with van der Waals surface area (Å²) in [6, 6.07) is 0. The molecule has 0 aliphatic heterocycles. The lowest BCUT2D eigenvalue weighted by Gasteiger charge is -2.17. The van der Waals surface area contributed by atoms with Gasteiger partial charge in [-0.2, -0.15) is 0 Å². The minimum atomic E-state index is 0.856. The molecule has 0 spiro atoms. The van der Waals surface area contributed by atoms with E-state index in [0.717, 1.165) is 5.92 Å². The van der Waals surface area contributed by atoms with Crippen LogP contribution in [0.15, 0.2) is 0 Å². The van der Waals surface area contributed by atoms with Crippen LogP contribution in [0.3, 0.4) is 0 Å². The first-order valence-electron chi connectivity index (χ1n) is 4.82. The largest absolute Gasteiger partial charge is 0.309 e. The first-order valence-corrected chi connectivity index (χ1v) is 4.82. The summed E-state index contributed by atoms with van der Waals surface area (Å²) in [5, 5.41) is 0. The normalized spacial score (nSPS) is 12.0. The van der Waals surface area contributed by atoms with Crippen LogP contribution in [-0.2, 0) is 0 Å². The van der Waals surface area contributed by atoms with Crippen molar-refractivity contribution in [3.05, 3.63) is 0 Å². The van der Waals surface area contributed by atoms with Gasteiger partial charge < -0.3 is 9.80 Å². The minimum Gasteiger partial charge on any atom is -0.309 e. The van der Waals surface area contributed by atoms with Gasteiger partial charge in [-0.1, -0.05) is 6.92 Å². The zero-order valence-electron chi connectivity index (χ0n) is 9.30. The van der Waals surface area contributed by atoms with Crippen molar-refractivity contribution in [1.29, 1.82) is 0 Å². The molecule has 0 aromatic heterocycles. The molecule has 0 rings (SSSR count). The second-order valence-corrected chi connectivity index (χ2v) is 4.29. The second-order valence-electron chi connectivity index (χ2n) is 4.29. The number of hydrogen-bond donors (Lipinski definition) is 0. The van der Waals surface area contributed by atoms with Crippen molar-refractivity contribution in [2.75, 3.05) is 41.3 Å². The zero-order chi connectivity index (χ0) is 9.56. The lowest BCUT2D eigenvalue weighted by Crippen LogP contribution is -2.19. The van der Waals surface area contributed by atoms with Crippen molar-refractivity contribution in [3.8, 4) is 0 Å². The number of hydrogen-bond acceptors (Lipinski definition) is 2. The Balaban J connectivity index is 3.27. The third-order valence-corrected chi connectivity index (χ3v) is 2.14. The van der Waals surface area contributed by atoms with Crippen LogP contribution in [0.25, 0.3) is 0 Å². The van der Waals surface area contributed by atoms with Crippen LogP contribution < -0.4 is 0 Å². The molecule has 0 saturated carbocycles. The standard InChI is InChI=1S/C10H24N2/c1-10(6-8-11(2)3)7-9-12(4)5/h10H,6-9H2,1-5H3. The van der Waals surface area contributed by atoms with Crippen molar-refractivity contribution < 1.29 is 0 Å². The number of nitrogens with zero attached hydrogens (tertiary/aromatic N) is 2. The first-order chi connectivity index (χ1) is 5.52. The van der Waals surface area contributed by atoms with E-state index in [4.69, 9.17) is 0 Å². The van der Waals surface area contributed by atoms with Gasteiger partial charge in [0.15, 0.2) is 0 Å². The first kappa shape index (κ1) is 11.9. The molecule has 0 unspecified atom stereocenters. The van der Waals surface area contributed by atoms with Crippen molar-refractivity contribution in [2.45, 2.75) is 19.8 Å².